The van der Waals surface area contributed by atoms with Crippen molar-refractivity contribution in [1.82, 2.24) is 0 Å². The van der Waals surface area contributed by atoms with E-state index in [1.807, 2.05) is 37.3 Å². The van der Waals surface area contributed by atoms with Gasteiger partial charge in [0.15, 0.2) is 0 Å². The molecule has 0 aliphatic carbocycles. The van der Waals surface area contributed by atoms with Gasteiger partial charge in [-0.1, -0.05) is 93.5 Å². The minimum atomic E-state index is -0.0830. The molecule has 0 saturated carbocycles. The zero-order valence-corrected chi connectivity index (χ0v) is 19.1. The first kappa shape index (κ1) is 20.4. The molecule has 5 rings (SSSR count). The Labute approximate surface area is 190 Å². The molecule has 0 aliphatic heterocycles. The van der Waals surface area contributed by atoms with Crippen molar-refractivity contribution in [2.75, 3.05) is 12.0 Å². The number of fused-ring (bicyclic) bond motifs is 2. The molecule has 0 aliphatic rings. The lowest BCUT2D eigenvalue weighted by atomic mass is 9.92. The maximum Gasteiger partial charge on any atom is 0.255 e. The lowest BCUT2D eigenvalue weighted by molar-refractivity contribution is 0.102. The zero-order chi connectivity index (χ0) is 22.1. The molecule has 1 unspecified atom stereocenters. The van der Waals surface area contributed by atoms with Crippen molar-refractivity contribution in [3.63, 3.8) is 0 Å². The summed E-state index contributed by atoms with van der Waals surface area (Å²) in [6.45, 7) is 4.18. The topological polar surface area (TPSA) is 29.1 Å². The highest BCUT2D eigenvalue weighted by Crippen LogP contribution is 2.40. The van der Waals surface area contributed by atoms with E-state index in [9.17, 15) is 4.79 Å². The van der Waals surface area contributed by atoms with Crippen LogP contribution in [0.4, 0.5) is 5.69 Å². The summed E-state index contributed by atoms with van der Waals surface area (Å²) in [5.41, 5.74) is 4.80. The van der Waals surface area contributed by atoms with E-state index in [4.69, 9.17) is 0 Å². The number of rotatable bonds is 4. The number of carbonyl (C=O) groups is 1. The molecule has 0 radical (unpaired) electrons. The number of anilines is 1. The van der Waals surface area contributed by atoms with Gasteiger partial charge in [-0.25, -0.2) is 0 Å². The smallest absolute Gasteiger partial charge is 0.255 e. The Balaban J connectivity index is 1.79. The third-order valence-corrected chi connectivity index (χ3v) is 6.97. The van der Waals surface area contributed by atoms with E-state index in [2.05, 4.69) is 78.7 Å². The molecule has 0 bridgehead atoms. The minimum Gasteiger partial charge on any atom is -0.321 e. The van der Waals surface area contributed by atoms with Crippen molar-refractivity contribution in [1.29, 1.82) is 0 Å². The number of nitrogens with one attached hydrogen (secondary N) is 1. The van der Waals surface area contributed by atoms with Crippen LogP contribution < -0.4 is 10.6 Å². The Kier molecular flexibility index (Phi) is 5.47. The summed E-state index contributed by atoms with van der Waals surface area (Å²) in [5, 5.41) is 9.25. The molecule has 0 aromatic heterocycles. The van der Waals surface area contributed by atoms with Gasteiger partial charge in [0.25, 0.3) is 5.91 Å². The molecule has 5 aromatic carbocycles. The summed E-state index contributed by atoms with van der Waals surface area (Å²) < 4.78 is 0. The molecule has 1 atom stereocenters. The van der Waals surface area contributed by atoms with Gasteiger partial charge >= 0.3 is 0 Å². The van der Waals surface area contributed by atoms with Crippen LogP contribution in [0.2, 0.25) is 0 Å². The van der Waals surface area contributed by atoms with Crippen LogP contribution in [0, 0.1) is 6.92 Å². The highest BCUT2D eigenvalue weighted by Gasteiger charge is 2.18. The molecule has 0 saturated heterocycles. The van der Waals surface area contributed by atoms with Crippen molar-refractivity contribution in [2.24, 2.45) is 0 Å². The summed E-state index contributed by atoms with van der Waals surface area (Å²) in [6, 6.07) is 33.2. The molecular formula is C29H24NOP. The van der Waals surface area contributed by atoms with E-state index in [1.54, 1.807) is 0 Å². The third kappa shape index (κ3) is 3.57. The molecule has 2 nitrogen and oxygen atoms in total. The Bertz CT molecular complexity index is 1470. The number of hydrogen-bond acceptors (Lipinski definition) is 1. The Morgan fingerprint density at radius 2 is 1.28 bits per heavy atom. The normalized spacial score (nSPS) is 11.4. The van der Waals surface area contributed by atoms with E-state index in [-0.39, 0.29) is 5.91 Å². The van der Waals surface area contributed by atoms with E-state index in [0.717, 1.165) is 27.6 Å². The Morgan fingerprint density at radius 1 is 0.688 bits per heavy atom. The predicted octanol–water partition coefficient (Wildman–Crippen LogP) is 7.15. The van der Waals surface area contributed by atoms with Gasteiger partial charge < -0.3 is 5.32 Å². The Morgan fingerprint density at radius 3 is 1.97 bits per heavy atom. The summed E-state index contributed by atoms with van der Waals surface area (Å²) in [5.74, 6) is -0.0830. The summed E-state index contributed by atoms with van der Waals surface area (Å²) >= 11 is 0. The van der Waals surface area contributed by atoms with Crippen molar-refractivity contribution < 1.29 is 4.79 Å². The van der Waals surface area contributed by atoms with Crippen LogP contribution in [0.3, 0.4) is 0 Å². The molecule has 3 heteroatoms. The molecule has 0 fully saturated rings. The van der Waals surface area contributed by atoms with Crippen molar-refractivity contribution in [3.8, 4) is 11.1 Å². The van der Waals surface area contributed by atoms with Gasteiger partial charge in [0.1, 0.15) is 0 Å². The lowest BCUT2D eigenvalue weighted by Crippen LogP contribution is -2.15. The SMILES string of the molecule is CPc1ccc2ccccc2c1-c1c(NC(=O)c2ccccc2C)ccc2ccccc12. The number of hydrogen-bond donors (Lipinski definition) is 1. The number of carbonyl (C=O) groups excluding carboxylic acids is 1. The molecule has 32 heavy (non-hydrogen) atoms. The van der Waals surface area contributed by atoms with Gasteiger partial charge in [0.2, 0.25) is 0 Å². The van der Waals surface area contributed by atoms with Gasteiger partial charge in [-0.15, -0.1) is 0 Å². The first-order chi connectivity index (χ1) is 15.7. The molecule has 156 valence electrons. The molecule has 1 amide bonds. The van der Waals surface area contributed by atoms with Crippen molar-refractivity contribution >= 4 is 47.0 Å². The maximum absolute atomic E-state index is 13.3. The van der Waals surface area contributed by atoms with Crippen LogP contribution in [0.1, 0.15) is 15.9 Å². The van der Waals surface area contributed by atoms with E-state index >= 15 is 0 Å². The quantitative estimate of drug-likeness (QED) is 0.300. The largest absolute Gasteiger partial charge is 0.321 e. The highest BCUT2D eigenvalue weighted by molar-refractivity contribution is 7.46. The van der Waals surface area contributed by atoms with Crippen LogP contribution in [-0.2, 0) is 0 Å². The monoisotopic (exact) mass is 433 g/mol. The summed E-state index contributed by atoms with van der Waals surface area (Å²) in [4.78, 5) is 13.3. The predicted molar refractivity (Wildman–Crippen MR) is 140 cm³/mol. The maximum atomic E-state index is 13.3. The fraction of sp³-hybridized carbons (Fsp3) is 0.0690. The first-order valence-corrected chi connectivity index (χ1v) is 12.3. The summed E-state index contributed by atoms with van der Waals surface area (Å²) in [6.07, 6.45) is 0. The van der Waals surface area contributed by atoms with Gasteiger partial charge in [-0.05, 0) is 63.7 Å². The zero-order valence-electron chi connectivity index (χ0n) is 18.1. The van der Waals surface area contributed by atoms with Crippen molar-refractivity contribution in [3.05, 3.63) is 108 Å². The average Bonchev–Trinajstić information content (AvgIpc) is 2.83. The minimum absolute atomic E-state index is 0.0830. The Hall–Kier alpha value is -3.48. The third-order valence-electron chi connectivity index (χ3n) is 6.02. The highest BCUT2D eigenvalue weighted by atomic mass is 31.1. The summed E-state index contributed by atoms with van der Waals surface area (Å²) in [7, 11) is 0.639. The fourth-order valence-corrected chi connectivity index (χ4v) is 5.17. The van der Waals surface area contributed by atoms with Crippen LogP contribution in [-0.4, -0.2) is 12.6 Å². The van der Waals surface area contributed by atoms with Gasteiger partial charge in [0.05, 0.1) is 0 Å². The van der Waals surface area contributed by atoms with E-state index in [0.29, 0.717) is 14.1 Å². The average molecular weight is 433 g/mol. The number of amides is 1. The molecule has 5 aromatic rings. The van der Waals surface area contributed by atoms with E-state index in [1.165, 1.54) is 21.6 Å². The fourth-order valence-electron chi connectivity index (χ4n) is 4.41. The number of benzene rings is 5. The van der Waals surface area contributed by atoms with Crippen LogP contribution in [0.15, 0.2) is 97.1 Å². The van der Waals surface area contributed by atoms with Crippen molar-refractivity contribution in [2.45, 2.75) is 6.92 Å². The molecule has 1 N–H and O–H groups in total. The number of aryl methyl sites for hydroxylation is 1. The van der Waals surface area contributed by atoms with E-state index < -0.39 is 0 Å². The van der Waals surface area contributed by atoms with Gasteiger partial charge in [-0.2, -0.15) is 0 Å². The van der Waals surface area contributed by atoms with Crippen LogP contribution >= 0.6 is 8.58 Å². The standard InChI is InChI=1S/C29H24NOP/c1-19-9-3-6-12-22(19)29(31)30-25-17-15-20-10-4-7-13-23(20)27(25)28-24-14-8-5-11-21(24)16-18-26(28)32-2/h3-18,32H,1-2H3,(H,30,31). The molecule has 0 heterocycles. The van der Waals surface area contributed by atoms with Gasteiger partial charge in [0, 0.05) is 16.8 Å². The van der Waals surface area contributed by atoms with Crippen LogP contribution in [0.25, 0.3) is 32.7 Å². The molecule has 0 spiro atoms. The lowest BCUT2D eigenvalue weighted by Gasteiger charge is -2.19. The first-order valence-electron chi connectivity index (χ1n) is 10.8. The second-order valence-corrected chi connectivity index (χ2v) is 8.98. The second kappa shape index (κ2) is 8.57. The van der Waals surface area contributed by atoms with Crippen LogP contribution in [0.5, 0.6) is 0 Å². The molecular weight excluding hydrogens is 409 g/mol. The second-order valence-electron chi connectivity index (χ2n) is 7.94. The van der Waals surface area contributed by atoms with Gasteiger partial charge in [-0.3, -0.25) is 4.79 Å².